The maximum Gasteiger partial charge on any atom is 0.305 e. The molecule has 0 aromatic carbocycles. The number of ether oxygens (including phenoxy) is 2. The van der Waals surface area contributed by atoms with Crippen molar-refractivity contribution < 1.29 is 29.0 Å². The van der Waals surface area contributed by atoms with E-state index in [0.29, 0.717) is 19.3 Å². The first-order chi connectivity index (χ1) is 21.3. The molecule has 44 heavy (non-hydrogen) atoms. The number of esters is 2. The highest BCUT2D eigenvalue weighted by Crippen LogP contribution is 2.14. The van der Waals surface area contributed by atoms with E-state index in [2.05, 4.69) is 26.8 Å². The number of rotatable bonds is 32. The minimum atomic E-state index is -0.999. The minimum Gasteiger partial charge on any atom is -0.463 e. The van der Waals surface area contributed by atoms with Gasteiger partial charge in [0.15, 0.2) is 5.78 Å². The lowest BCUT2D eigenvalue weighted by atomic mass is 10.0. The van der Waals surface area contributed by atoms with Gasteiger partial charge < -0.3 is 14.6 Å². The smallest absolute Gasteiger partial charge is 0.305 e. The molecule has 0 fully saturated rings. The molecule has 0 radical (unpaired) electrons. The number of aliphatic hydroxyl groups is 1. The zero-order chi connectivity index (χ0) is 32.5. The van der Waals surface area contributed by atoms with Gasteiger partial charge in [-0.2, -0.15) is 0 Å². The Morgan fingerprint density at radius 2 is 1.05 bits per heavy atom. The van der Waals surface area contributed by atoms with E-state index in [1.807, 2.05) is 12.2 Å². The third-order valence-corrected chi connectivity index (χ3v) is 7.84. The zero-order valence-electron chi connectivity index (χ0n) is 28.8. The fraction of sp³-hybridized carbons (Fsp3) is 0.816. The molecule has 0 unspecified atom stereocenters. The third-order valence-electron chi connectivity index (χ3n) is 7.84. The predicted octanol–water partition coefficient (Wildman–Crippen LogP) is 10.2. The number of hydrogen-bond acceptors (Lipinski definition) is 6. The molecule has 0 aliphatic heterocycles. The fourth-order valence-corrected chi connectivity index (χ4v) is 5.02. The van der Waals surface area contributed by atoms with Crippen LogP contribution in [0.3, 0.4) is 0 Å². The Balaban J connectivity index is 3.53. The Morgan fingerprint density at radius 1 is 0.591 bits per heavy atom. The van der Waals surface area contributed by atoms with Crippen LogP contribution in [-0.4, -0.2) is 42.1 Å². The number of ketones is 1. The summed E-state index contributed by atoms with van der Waals surface area (Å²) in [5.41, 5.74) is 0. The average Bonchev–Trinajstić information content (AvgIpc) is 3.00. The average molecular weight is 621 g/mol. The lowest BCUT2D eigenvalue weighted by Gasteiger charge is -2.12. The van der Waals surface area contributed by atoms with Gasteiger partial charge in [0.1, 0.15) is 19.3 Å². The van der Waals surface area contributed by atoms with Crippen LogP contribution in [0, 0.1) is 5.92 Å². The van der Waals surface area contributed by atoms with Gasteiger partial charge in [0, 0.05) is 19.3 Å². The lowest BCUT2D eigenvalue weighted by Crippen LogP contribution is -2.25. The Labute approximate surface area is 270 Å². The summed E-state index contributed by atoms with van der Waals surface area (Å²) in [6.45, 7) is 6.47. The molecule has 1 atom stereocenters. The van der Waals surface area contributed by atoms with E-state index >= 15 is 0 Å². The summed E-state index contributed by atoms with van der Waals surface area (Å²) >= 11 is 0. The van der Waals surface area contributed by atoms with Gasteiger partial charge in [-0.05, 0) is 44.1 Å². The van der Waals surface area contributed by atoms with E-state index in [4.69, 9.17) is 9.47 Å². The SMILES string of the molecule is CCCCC/C=C\C=C\C(=O)CCCCCCCC(=O)OC[C@H](O)COC(=O)CCCCCCCCCCCCCC(C)C. The highest BCUT2D eigenvalue weighted by atomic mass is 16.6. The second-order valence-corrected chi connectivity index (χ2v) is 12.9. The van der Waals surface area contributed by atoms with E-state index in [9.17, 15) is 19.5 Å². The van der Waals surface area contributed by atoms with Crippen LogP contribution in [0.25, 0.3) is 0 Å². The van der Waals surface area contributed by atoms with Gasteiger partial charge in [0.05, 0.1) is 0 Å². The van der Waals surface area contributed by atoms with Crippen LogP contribution >= 0.6 is 0 Å². The van der Waals surface area contributed by atoms with Crippen LogP contribution in [0.5, 0.6) is 0 Å². The van der Waals surface area contributed by atoms with Gasteiger partial charge >= 0.3 is 11.9 Å². The number of carbonyl (C=O) groups is 3. The summed E-state index contributed by atoms with van der Waals surface area (Å²) in [5.74, 6) is 0.333. The summed E-state index contributed by atoms with van der Waals surface area (Å²) in [5, 5.41) is 9.98. The van der Waals surface area contributed by atoms with Crippen LogP contribution < -0.4 is 0 Å². The topological polar surface area (TPSA) is 89.9 Å². The molecule has 0 aliphatic rings. The molecule has 0 aliphatic carbocycles. The molecular weight excluding hydrogens is 552 g/mol. The Hall–Kier alpha value is -1.95. The number of unbranched alkanes of at least 4 members (excludes halogenated alkanes) is 17. The highest BCUT2D eigenvalue weighted by Gasteiger charge is 2.12. The van der Waals surface area contributed by atoms with Gasteiger partial charge in [-0.15, -0.1) is 0 Å². The van der Waals surface area contributed by atoms with E-state index in [1.165, 1.54) is 77.0 Å². The summed E-state index contributed by atoms with van der Waals surface area (Å²) < 4.78 is 10.3. The number of allylic oxidation sites excluding steroid dienone is 4. The first-order valence-corrected chi connectivity index (χ1v) is 18.2. The van der Waals surface area contributed by atoms with Crippen LogP contribution in [0.2, 0.25) is 0 Å². The monoisotopic (exact) mass is 621 g/mol. The molecule has 1 N–H and O–H groups in total. The fourth-order valence-electron chi connectivity index (χ4n) is 5.02. The van der Waals surface area contributed by atoms with Crippen molar-refractivity contribution in [2.75, 3.05) is 13.2 Å². The molecular formula is C38H68O6. The predicted molar refractivity (Wildman–Crippen MR) is 183 cm³/mol. The molecule has 0 rings (SSSR count). The normalized spacial score (nSPS) is 12.4. The molecule has 0 heterocycles. The Bertz CT molecular complexity index is 742. The molecule has 0 saturated heterocycles. The summed E-state index contributed by atoms with van der Waals surface area (Å²) in [4.78, 5) is 35.7. The maximum atomic E-state index is 11.9. The summed E-state index contributed by atoms with van der Waals surface area (Å²) in [7, 11) is 0. The molecule has 0 spiro atoms. The number of hydrogen-bond donors (Lipinski definition) is 1. The van der Waals surface area contributed by atoms with Crippen LogP contribution in [0.1, 0.15) is 175 Å². The van der Waals surface area contributed by atoms with Crippen molar-refractivity contribution in [2.45, 2.75) is 181 Å². The molecule has 256 valence electrons. The summed E-state index contributed by atoms with van der Waals surface area (Å²) in [6, 6.07) is 0. The van der Waals surface area contributed by atoms with E-state index < -0.39 is 6.10 Å². The quantitative estimate of drug-likeness (QED) is 0.0348. The number of aliphatic hydroxyl groups excluding tert-OH is 1. The lowest BCUT2D eigenvalue weighted by molar-refractivity contribution is -0.152. The van der Waals surface area contributed by atoms with E-state index in [0.717, 1.165) is 63.7 Å². The zero-order valence-corrected chi connectivity index (χ0v) is 28.8. The van der Waals surface area contributed by atoms with Crippen molar-refractivity contribution in [1.82, 2.24) is 0 Å². The molecule has 0 saturated carbocycles. The Morgan fingerprint density at radius 3 is 1.52 bits per heavy atom. The maximum absolute atomic E-state index is 11.9. The molecule has 0 aromatic rings. The first kappa shape index (κ1) is 42.0. The molecule has 0 amide bonds. The third kappa shape index (κ3) is 33.0. The largest absolute Gasteiger partial charge is 0.463 e. The van der Waals surface area contributed by atoms with Crippen molar-refractivity contribution >= 4 is 17.7 Å². The van der Waals surface area contributed by atoms with Crippen molar-refractivity contribution in [1.29, 1.82) is 0 Å². The molecule has 0 bridgehead atoms. The van der Waals surface area contributed by atoms with Gasteiger partial charge in [-0.25, -0.2) is 0 Å². The van der Waals surface area contributed by atoms with Crippen molar-refractivity contribution in [3.63, 3.8) is 0 Å². The van der Waals surface area contributed by atoms with Crippen molar-refractivity contribution in [2.24, 2.45) is 5.92 Å². The molecule has 0 aromatic heterocycles. The highest BCUT2D eigenvalue weighted by molar-refractivity contribution is 5.89. The van der Waals surface area contributed by atoms with Crippen LogP contribution in [0.15, 0.2) is 24.3 Å². The van der Waals surface area contributed by atoms with E-state index in [-0.39, 0.29) is 30.9 Å². The number of carbonyl (C=O) groups excluding carboxylic acids is 3. The summed E-state index contributed by atoms with van der Waals surface area (Å²) in [6.07, 6.45) is 31.9. The molecule has 6 nitrogen and oxygen atoms in total. The van der Waals surface area contributed by atoms with Crippen LogP contribution in [0.4, 0.5) is 0 Å². The first-order valence-electron chi connectivity index (χ1n) is 18.2. The minimum absolute atomic E-state index is 0.146. The Kier molecular flexibility index (Phi) is 31.0. The second-order valence-electron chi connectivity index (χ2n) is 12.9. The second kappa shape index (κ2) is 32.4. The van der Waals surface area contributed by atoms with Gasteiger partial charge in [-0.3, -0.25) is 14.4 Å². The van der Waals surface area contributed by atoms with Crippen molar-refractivity contribution in [3.05, 3.63) is 24.3 Å². The van der Waals surface area contributed by atoms with Crippen molar-refractivity contribution in [3.8, 4) is 0 Å². The van der Waals surface area contributed by atoms with Gasteiger partial charge in [-0.1, -0.05) is 142 Å². The molecule has 6 heteroatoms. The standard InChI is InChI=1S/C38H68O6/c1-4-5-6-7-13-18-23-28-35(39)29-24-19-16-21-26-31-38(42)44-33-36(40)32-43-37(41)30-25-20-15-12-10-8-9-11-14-17-22-27-34(2)3/h13,18,23,28,34,36,40H,4-12,14-17,19-22,24-27,29-33H2,1-3H3/b18-13-,28-23+/t36-/m1/s1. The van der Waals surface area contributed by atoms with Gasteiger partial charge in [0.2, 0.25) is 0 Å². The van der Waals surface area contributed by atoms with Crippen LogP contribution in [-0.2, 0) is 23.9 Å². The van der Waals surface area contributed by atoms with E-state index in [1.54, 1.807) is 6.08 Å². The van der Waals surface area contributed by atoms with Gasteiger partial charge in [0.25, 0.3) is 0 Å².